The molecule has 2 aromatic carbocycles. The number of aliphatic hydroxyl groups excluding tert-OH is 1. The van der Waals surface area contributed by atoms with Crippen molar-refractivity contribution in [2.24, 2.45) is 5.73 Å². The van der Waals surface area contributed by atoms with Crippen LogP contribution < -0.4 is 5.73 Å². The van der Waals surface area contributed by atoms with E-state index < -0.39 is 6.10 Å². The Labute approximate surface area is 159 Å². The van der Waals surface area contributed by atoms with E-state index in [1.807, 2.05) is 61.5 Å². The summed E-state index contributed by atoms with van der Waals surface area (Å²) in [5.41, 5.74) is 8.57. The Balaban J connectivity index is 1.77. The van der Waals surface area contributed by atoms with Crippen LogP contribution in [0.15, 0.2) is 48.5 Å². The summed E-state index contributed by atoms with van der Waals surface area (Å²) in [7, 11) is 3.81. The zero-order valence-corrected chi connectivity index (χ0v) is 15.6. The molecule has 3 rings (SSSR count). The number of benzene rings is 2. The zero-order chi connectivity index (χ0) is 19.6. The van der Waals surface area contributed by atoms with Gasteiger partial charge in [0, 0.05) is 18.7 Å². The highest BCUT2D eigenvalue weighted by atomic mass is 16.3. The molecule has 2 atom stereocenters. The zero-order valence-electron chi connectivity index (χ0n) is 15.6. The van der Waals surface area contributed by atoms with Gasteiger partial charge in [-0.2, -0.15) is 0 Å². The third kappa shape index (κ3) is 4.35. The van der Waals surface area contributed by atoms with E-state index >= 15 is 0 Å². The van der Waals surface area contributed by atoms with Gasteiger partial charge in [0.2, 0.25) is 5.91 Å². The molecule has 0 aliphatic carbocycles. The van der Waals surface area contributed by atoms with Crippen LogP contribution in [-0.4, -0.2) is 66.1 Å². The SMILES string of the molecule is CN(C)C1CN(C(=O)c2cccc(-c3ccc(CC(N)=O)cc3)c2)CC1O. The molecule has 1 fully saturated rings. The van der Waals surface area contributed by atoms with Crippen LogP contribution in [0.25, 0.3) is 11.1 Å². The normalized spacial score (nSPS) is 19.5. The largest absolute Gasteiger partial charge is 0.390 e. The van der Waals surface area contributed by atoms with Crippen LogP contribution in [0.1, 0.15) is 15.9 Å². The third-order valence-corrected chi connectivity index (χ3v) is 4.98. The van der Waals surface area contributed by atoms with E-state index in [0.717, 1.165) is 16.7 Å². The molecule has 0 bridgehead atoms. The van der Waals surface area contributed by atoms with Gasteiger partial charge < -0.3 is 20.6 Å². The number of aliphatic hydroxyl groups is 1. The summed E-state index contributed by atoms with van der Waals surface area (Å²) in [5, 5.41) is 10.2. The van der Waals surface area contributed by atoms with E-state index in [1.54, 1.807) is 11.0 Å². The van der Waals surface area contributed by atoms with Gasteiger partial charge >= 0.3 is 0 Å². The molecule has 1 aliphatic heterocycles. The molecule has 1 saturated heterocycles. The summed E-state index contributed by atoms with van der Waals surface area (Å²) < 4.78 is 0. The number of rotatable bonds is 5. The number of carbonyl (C=O) groups excluding carboxylic acids is 2. The van der Waals surface area contributed by atoms with E-state index in [1.165, 1.54) is 0 Å². The third-order valence-electron chi connectivity index (χ3n) is 4.98. The van der Waals surface area contributed by atoms with Crippen LogP contribution in [0.4, 0.5) is 0 Å². The van der Waals surface area contributed by atoms with Gasteiger partial charge in [0.1, 0.15) is 0 Å². The van der Waals surface area contributed by atoms with Crippen molar-refractivity contribution in [2.45, 2.75) is 18.6 Å². The lowest BCUT2D eigenvalue weighted by Gasteiger charge is -2.21. The molecule has 0 radical (unpaired) electrons. The van der Waals surface area contributed by atoms with Crippen molar-refractivity contribution in [1.29, 1.82) is 0 Å². The maximum absolute atomic E-state index is 12.9. The smallest absolute Gasteiger partial charge is 0.254 e. The van der Waals surface area contributed by atoms with Crippen LogP contribution >= 0.6 is 0 Å². The molecule has 27 heavy (non-hydrogen) atoms. The highest BCUT2D eigenvalue weighted by Crippen LogP contribution is 2.23. The number of primary amides is 1. The minimum Gasteiger partial charge on any atom is -0.390 e. The average Bonchev–Trinajstić information content (AvgIpc) is 3.03. The van der Waals surface area contributed by atoms with E-state index in [0.29, 0.717) is 18.7 Å². The fourth-order valence-electron chi connectivity index (χ4n) is 3.47. The predicted molar refractivity (Wildman–Crippen MR) is 104 cm³/mol. The first-order chi connectivity index (χ1) is 12.8. The van der Waals surface area contributed by atoms with Gasteiger partial charge in [-0.25, -0.2) is 0 Å². The highest BCUT2D eigenvalue weighted by Gasteiger charge is 2.35. The molecular formula is C21H25N3O3. The van der Waals surface area contributed by atoms with Gasteiger partial charge in [0.05, 0.1) is 18.6 Å². The number of likely N-dealkylation sites (N-methyl/N-ethyl adjacent to an activating group) is 1. The van der Waals surface area contributed by atoms with Crippen molar-refractivity contribution in [1.82, 2.24) is 9.80 Å². The molecule has 1 aliphatic rings. The Kier molecular flexibility index (Phi) is 5.58. The standard InChI is InChI=1S/C21H25N3O3/c1-23(2)18-12-24(13-19(18)25)21(27)17-5-3-4-16(11-17)15-8-6-14(7-9-15)10-20(22)26/h3-9,11,18-19,25H,10,12-13H2,1-2H3,(H2,22,26). The highest BCUT2D eigenvalue weighted by molar-refractivity contribution is 5.95. The fraction of sp³-hybridized carbons (Fsp3) is 0.333. The molecule has 1 heterocycles. The first-order valence-corrected chi connectivity index (χ1v) is 8.96. The van der Waals surface area contributed by atoms with Crippen LogP contribution in [0.5, 0.6) is 0 Å². The molecule has 6 heteroatoms. The number of likely N-dealkylation sites (tertiary alicyclic amines) is 1. The molecule has 0 saturated carbocycles. The predicted octanol–water partition coefficient (Wildman–Crippen LogP) is 1.13. The number of β-amino-alcohol motifs (C(OH)–C–C–N with tert-alkyl or cyclic N) is 1. The van der Waals surface area contributed by atoms with Crippen molar-refractivity contribution in [2.75, 3.05) is 27.2 Å². The van der Waals surface area contributed by atoms with Crippen LogP contribution in [0, 0.1) is 0 Å². The van der Waals surface area contributed by atoms with Gasteiger partial charge in [0.15, 0.2) is 0 Å². The van der Waals surface area contributed by atoms with E-state index in [2.05, 4.69) is 0 Å². The molecule has 3 N–H and O–H groups in total. The Morgan fingerprint density at radius 3 is 2.41 bits per heavy atom. The Hall–Kier alpha value is -2.70. The van der Waals surface area contributed by atoms with Gasteiger partial charge in [0.25, 0.3) is 5.91 Å². The number of hydrogen-bond donors (Lipinski definition) is 2. The first kappa shape index (κ1) is 19.1. The molecule has 0 aromatic heterocycles. The van der Waals surface area contributed by atoms with E-state index in [9.17, 15) is 14.7 Å². The topological polar surface area (TPSA) is 86.9 Å². The van der Waals surface area contributed by atoms with Crippen molar-refractivity contribution in [3.8, 4) is 11.1 Å². The summed E-state index contributed by atoms with van der Waals surface area (Å²) in [6.45, 7) is 0.854. The number of hydrogen-bond acceptors (Lipinski definition) is 4. The van der Waals surface area contributed by atoms with Crippen molar-refractivity contribution in [3.05, 3.63) is 59.7 Å². The van der Waals surface area contributed by atoms with Gasteiger partial charge in [-0.15, -0.1) is 0 Å². The van der Waals surface area contributed by atoms with Crippen molar-refractivity contribution < 1.29 is 14.7 Å². The minimum absolute atomic E-state index is 0.0464. The molecule has 6 nitrogen and oxygen atoms in total. The summed E-state index contributed by atoms with van der Waals surface area (Å²) in [5.74, 6) is -0.440. The van der Waals surface area contributed by atoms with Gasteiger partial charge in [-0.1, -0.05) is 36.4 Å². The van der Waals surface area contributed by atoms with Gasteiger partial charge in [-0.05, 0) is 42.9 Å². The Morgan fingerprint density at radius 1 is 1.11 bits per heavy atom. The summed E-state index contributed by atoms with van der Waals surface area (Å²) in [6, 6.07) is 15.0. The van der Waals surface area contributed by atoms with E-state index in [-0.39, 0.29) is 24.3 Å². The quantitative estimate of drug-likeness (QED) is 0.829. The summed E-state index contributed by atoms with van der Waals surface area (Å²) in [6.07, 6.45) is -0.326. The molecule has 0 spiro atoms. The lowest BCUT2D eigenvalue weighted by atomic mass is 10.0. The van der Waals surface area contributed by atoms with Crippen LogP contribution in [-0.2, 0) is 11.2 Å². The molecule has 2 amide bonds. The van der Waals surface area contributed by atoms with Crippen LogP contribution in [0.2, 0.25) is 0 Å². The minimum atomic E-state index is -0.537. The van der Waals surface area contributed by atoms with Crippen LogP contribution in [0.3, 0.4) is 0 Å². The lowest BCUT2D eigenvalue weighted by molar-refractivity contribution is -0.117. The number of carbonyl (C=O) groups is 2. The number of amides is 2. The number of nitrogens with two attached hydrogens (primary N) is 1. The molecule has 142 valence electrons. The summed E-state index contributed by atoms with van der Waals surface area (Å²) in [4.78, 5) is 27.5. The second-order valence-corrected chi connectivity index (χ2v) is 7.23. The molecule has 2 unspecified atom stereocenters. The molecule has 2 aromatic rings. The second kappa shape index (κ2) is 7.90. The second-order valence-electron chi connectivity index (χ2n) is 7.23. The van der Waals surface area contributed by atoms with Crippen molar-refractivity contribution >= 4 is 11.8 Å². The molecular weight excluding hydrogens is 342 g/mol. The first-order valence-electron chi connectivity index (χ1n) is 8.96. The Bertz CT molecular complexity index is 833. The summed E-state index contributed by atoms with van der Waals surface area (Å²) >= 11 is 0. The van der Waals surface area contributed by atoms with Crippen molar-refractivity contribution in [3.63, 3.8) is 0 Å². The maximum Gasteiger partial charge on any atom is 0.254 e. The lowest BCUT2D eigenvalue weighted by Crippen LogP contribution is -2.38. The van der Waals surface area contributed by atoms with Gasteiger partial charge in [-0.3, -0.25) is 9.59 Å². The maximum atomic E-state index is 12.9. The monoisotopic (exact) mass is 367 g/mol. The average molecular weight is 367 g/mol. The van der Waals surface area contributed by atoms with E-state index in [4.69, 9.17) is 5.73 Å². The Morgan fingerprint density at radius 2 is 1.81 bits per heavy atom. The fourth-order valence-corrected chi connectivity index (χ4v) is 3.47. The number of nitrogens with zero attached hydrogens (tertiary/aromatic N) is 2.